The Kier molecular flexibility index (Phi) is 26.7. The molecular formula is C40H64O2. The van der Waals surface area contributed by atoms with Crippen LogP contribution in [0.3, 0.4) is 0 Å². The third-order valence-corrected chi connectivity index (χ3v) is 7.02. The van der Waals surface area contributed by atoms with E-state index in [0.717, 1.165) is 32.1 Å². The highest BCUT2D eigenvalue weighted by atomic mass is 16.5. The SMILES string of the molecule is CCCCCCCCCCCC=CC=CC=CC=CC(=O)OC(C=C(C)CCC=C(C)C)CC=C(C)CCC=C(C)C. The van der Waals surface area contributed by atoms with Crippen molar-refractivity contribution in [1.82, 2.24) is 0 Å². The minimum Gasteiger partial charge on any atom is -0.455 e. The summed E-state index contributed by atoms with van der Waals surface area (Å²) in [5.74, 6) is -0.307. The highest BCUT2D eigenvalue weighted by Gasteiger charge is 2.09. The van der Waals surface area contributed by atoms with Gasteiger partial charge in [0.2, 0.25) is 0 Å². The maximum absolute atomic E-state index is 12.6. The number of esters is 1. The molecule has 0 aromatic heterocycles. The van der Waals surface area contributed by atoms with E-state index in [2.05, 4.69) is 84.9 Å². The van der Waals surface area contributed by atoms with Gasteiger partial charge in [-0.05, 0) is 86.1 Å². The third kappa shape index (κ3) is 28.9. The Morgan fingerprint density at radius 3 is 1.71 bits per heavy atom. The second kappa shape index (κ2) is 28.5. The molecule has 2 heteroatoms. The summed E-state index contributed by atoms with van der Waals surface area (Å²) in [5.41, 5.74) is 5.26. The molecule has 0 amide bonds. The molecule has 0 spiro atoms. The molecule has 0 saturated carbocycles. The summed E-state index contributed by atoms with van der Waals surface area (Å²) in [5, 5.41) is 0. The van der Waals surface area contributed by atoms with Crippen molar-refractivity contribution < 1.29 is 9.53 Å². The van der Waals surface area contributed by atoms with Crippen LogP contribution >= 0.6 is 0 Å². The van der Waals surface area contributed by atoms with Crippen molar-refractivity contribution in [3.63, 3.8) is 0 Å². The predicted octanol–water partition coefficient (Wildman–Crippen LogP) is 12.8. The lowest BCUT2D eigenvalue weighted by Crippen LogP contribution is -2.14. The smallest absolute Gasteiger partial charge is 0.331 e. The van der Waals surface area contributed by atoms with Crippen molar-refractivity contribution >= 4 is 5.97 Å². The molecule has 0 N–H and O–H groups in total. The van der Waals surface area contributed by atoms with Gasteiger partial charge < -0.3 is 4.74 Å². The van der Waals surface area contributed by atoms with Crippen LogP contribution in [0.1, 0.15) is 145 Å². The van der Waals surface area contributed by atoms with E-state index in [1.165, 1.54) is 86.2 Å². The van der Waals surface area contributed by atoms with Gasteiger partial charge >= 0.3 is 5.97 Å². The fraction of sp³-hybridized carbons (Fsp3) is 0.575. The summed E-state index contributed by atoms with van der Waals surface area (Å²) in [6, 6.07) is 0. The number of hydrogen-bond acceptors (Lipinski definition) is 2. The Balaban J connectivity index is 4.61. The molecule has 1 unspecified atom stereocenters. The molecular weight excluding hydrogens is 512 g/mol. The lowest BCUT2D eigenvalue weighted by atomic mass is 10.0. The average molecular weight is 577 g/mol. The molecule has 0 fully saturated rings. The molecule has 2 nitrogen and oxygen atoms in total. The summed E-state index contributed by atoms with van der Waals surface area (Å²) < 4.78 is 5.83. The second-order valence-corrected chi connectivity index (χ2v) is 12.1. The van der Waals surface area contributed by atoms with E-state index >= 15 is 0 Å². The fourth-order valence-corrected chi connectivity index (χ4v) is 4.47. The van der Waals surface area contributed by atoms with Gasteiger partial charge in [0.25, 0.3) is 0 Å². The second-order valence-electron chi connectivity index (χ2n) is 12.1. The van der Waals surface area contributed by atoms with E-state index in [1.54, 1.807) is 6.08 Å². The molecule has 0 rings (SSSR count). The average Bonchev–Trinajstić information content (AvgIpc) is 2.93. The summed E-state index contributed by atoms with van der Waals surface area (Å²) in [4.78, 5) is 12.6. The standard InChI is InChI=1S/C40H64O2/c1-8-9-10-11-12-13-14-15-16-17-18-19-20-21-22-23-24-31-40(41)42-39(34-38(7)30-26-28-36(4)5)33-32-37(6)29-25-27-35(2)3/h18-24,27-28,31-32,34,39H,8-17,25-26,29-30,33H2,1-7H3. The van der Waals surface area contributed by atoms with Gasteiger partial charge in [0.1, 0.15) is 6.10 Å². The Bertz CT molecular complexity index is 925. The number of ether oxygens (including phenoxy) is 1. The van der Waals surface area contributed by atoms with Crippen molar-refractivity contribution in [2.75, 3.05) is 0 Å². The Morgan fingerprint density at radius 1 is 0.595 bits per heavy atom. The van der Waals surface area contributed by atoms with Crippen LogP contribution in [0.4, 0.5) is 0 Å². The number of carbonyl (C=O) groups is 1. The van der Waals surface area contributed by atoms with Crippen LogP contribution in [-0.4, -0.2) is 12.1 Å². The van der Waals surface area contributed by atoms with Crippen LogP contribution in [0.2, 0.25) is 0 Å². The minimum absolute atomic E-state index is 0.257. The molecule has 0 aromatic rings. The number of allylic oxidation sites excluding steroid dienone is 13. The molecule has 0 aromatic carbocycles. The Labute approximate surface area is 261 Å². The quantitative estimate of drug-likeness (QED) is 0.0375. The lowest BCUT2D eigenvalue weighted by Gasteiger charge is -2.14. The molecule has 0 aliphatic heterocycles. The van der Waals surface area contributed by atoms with Crippen LogP contribution in [-0.2, 0) is 9.53 Å². The number of hydrogen-bond donors (Lipinski definition) is 0. The first-order chi connectivity index (χ1) is 20.2. The lowest BCUT2D eigenvalue weighted by molar-refractivity contribution is -0.140. The molecule has 0 aliphatic rings. The van der Waals surface area contributed by atoms with E-state index in [9.17, 15) is 4.79 Å². The van der Waals surface area contributed by atoms with Gasteiger partial charge in [-0.15, -0.1) is 0 Å². The van der Waals surface area contributed by atoms with Crippen LogP contribution in [0.15, 0.2) is 95.2 Å². The maximum atomic E-state index is 12.6. The van der Waals surface area contributed by atoms with Gasteiger partial charge in [0.05, 0.1) is 0 Å². The van der Waals surface area contributed by atoms with E-state index in [1.807, 2.05) is 24.3 Å². The van der Waals surface area contributed by atoms with Crippen molar-refractivity contribution in [1.29, 1.82) is 0 Å². The van der Waals surface area contributed by atoms with E-state index in [-0.39, 0.29) is 12.1 Å². The molecule has 0 aliphatic carbocycles. The van der Waals surface area contributed by atoms with Crippen molar-refractivity contribution in [2.24, 2.45) is 0 Å². The number of unbranched alkanes of at least 4 members (excludes halogenated alkanes) is 9. The van der Waals surface area contributed by atoms with Gasteiger partial charge in [-0.25, -0.2) is 4.79 Å². The maximum Gasteiger partial charge on any atom is 0.331 e. The zero-order chi connectivity index (χ0) is 31.3. The molecule has 0 heterocycles. The molecule has 236 valence electrons. The van der Waals surface area contributed by atoms with E-state index in [0.29, 0.717) is 6.42 Å². The third-order valence-electron chi connectivity index (χ3n) is 7.02. The Hall–Kier alpha value is -2.61. The highest BCUT2D eigenvalue weighted by molar-refractivity contribution is 5.82. The molecule has 42 heavy (non-hydrogen) atoms. The van der Waals surface area contributed by atoms with Gasteiger partial charge in [0, 0.05) is 12.5 Å². The predicted molar refractivity (Wildman–Crippen MR) is 188 cm³/mol. The van der Waals surface area contributed by atoms with Crippen LogP contribution in [0.25, 0.3) is 0 Å². The Morgan fingerprint density at radius 2 is 1.12 bits per heavy atom. The zero-order valence-electron chi connectivity index (χ0n) is 28.4. The van der Waals surface area contributed by atoms with Gasteiger partial charge in [-0.3, -0.25) is 0 Å². The van der Waals surface area contributed by atoms with Gasteiger partial charge in [0.15, 0.2) is 0 Å². The molecule has 0 saturated heterocycles. The van der Waals surface area contributed by atoms with Crippen LogP contribution in [0.5, 0.6) is 0 Å². The monoisotopic (exact) mass is 576 g/mol. The van der Waals surface area contributed by atoms with E-state index < -0.39 is 0 Å². The highest BCUT2D eigenvalue weighted by Crippen LogP contribution is 2.15. The van der Waals surface area contributed by atoms with Gasteiger partial charge in [-0.1, -0.05) is 141 Å². The normalized spacial score (nSPS) is 13.5. The topological polar surface area (TPSA) is 26.3 Å². The van der Waals surface area contributed by atoms with Crippen LogP contribution < -0.4 is 0 Å². The first-order valence-corrected chi connectivity index (χ1v) is 16.7. The number of rotatable bonds is 24. The van der Waals surface area contributed by atoms with Crippen molar-refractivity contribution in [2.45, 2.75) is 151 Å². The summed E-state index contributed by atoms with van der Waals surface area (Å²) in [6.45, 7) is 15.1. The van der Waals surface area contributed by atoms with Crippen LogP contribution in [0, 0.1) is 0 Å². The largest absolute Gasteiger partial charge is 0.455 e. The summed E-state index contributed by atoms with van der Waals surface area (Å²) >= 11 is 0. The first kappa shape index (κ1) is 39.4. The fourth-order valence-electron chi connectivity index (χ4n) is 4.47. The van der Waals surface area contributed by atoms with Crippen molar-refractivity contribution in [3.05, 3.63) is 95.2 Å². The first-order valence-electron chi connectivity index (χ1n) is 16.7. The summed E-state index contributed by atoms with van der Waals surface area (Å²) in [7, 11) is 0. The molecule has 0 bridgehead atoms. The van der Waals surface area contributed by atoms with E-state index in [4.69, 9.17) is 4.74 Å². The minimum atomic E-state index is -0.307. The van der Waals surface area contributed by atoms with Gasteiger partial charge in [-0.2, -0.15) is 0 Å². The number of carbonyl (C=O) groups excluding carboxylic acids is 1. The zero-order valence-corrected chi connectivity index (χ0v) is 28.4. The molecule has 0 radical (unpaired) electrons. The molecule has 1 atom stereocenters. The van der Waals surface area contributed by atoms with Crippen molar-refractivity contribution in [3.8, 4) is 0 Å². The summed E-state index contributed by atoms with van der Waals surface area (Å²) in [6.07, 6.45) is 42.3.